The van der Waals surface area contributed by atoms with Gasteiger partial charge in [-0.3, -0.25) is 14.7 Å². The molecule has 2 fully saturated rings. The van der Waals surface area contributed by atoms with Crippen LogP contribution in [-0.2, 0) is 10.2 Å². The first-order chi connectivity index (χ1) is 15.9. The Morgan fingerprint density at radius 2 is 2.06 bits per heavy atom. The SMILES string of the molecule is Cc1noc([C@]23C[C@H](NC(=O)c4cn[nH]c4-c4ccccc4)CC2CN(C(=O)C(C)C)C3)n1. The Morgan fingerprint density at radius 1 is 1.27 bits per heavy atom. The molecule has 9 heteroatoms. The quantitative estimate of drug-likeness (QED) is 0.620. The largest absolute Gasteiger partial charge is 0.349 e. The van der Waals surface area contributed by atoms with Gasteiger partial charge in [-0.05, 0) is 25.7 Å². The highest BCUT2D eigenvalue weighted by Crippen LogP contribution is 2.50. The molecule has 2 aromatic heterocycles. The van der Waals surface area contributed by atoms with E-state index in [2.05, 4.69) is 25.7 Å². The number of rotatable bonds is 5. The van der Waals surface area contributed by atoms with Gasteiger partial charge < -0.3 is 14.7 Å². The first-order valence-corrected chi connectivity index (χ1v) is 11.4. The molecule has 1 saturated carbocycles. The standard InChI is InChI=1S/C24H28N6O3/c1-14(2)22(32)30-12-17-9-18(10-24(17,13-30)23-26-15(3)29-33-23)27-21(31)19-11-25-28-20(19)16-7-5-4-6-8-16/h4-8,11,14,17-18H,9-10,12-13H2,1-3H3,(H,25,28)(H,27,31)/t17?,18-,24+/m1/s1. The maximum absolute atomic E-state index is 13.2. The molecule has 2 amide bonds. The summed E-state index contributed by atoms with van der Waals surface area (Å²) in [5.74, 6) is 1.17. The Bertz CT molecular complexity index is 1170. The number of H-pyrrole nitrogens is 1. The van der Waals surface area contributed by atoms with Gasteiger partial charge >= 0.3 is 0 Å². The number of aromatic nitrogens is 4. The number of carbonyl (C=O) groups is 2. The Balaban J connectivity index is 1.37. The molecule has 1 aliphatic heterocycles. The smallest absolute Gasteiger partial charge is 0.255 e. The van der Waals surface area contributed by atoms with Crippen LogP contribution in [0.15, 0.2) is 41.1 Å². The van der Waals surface area contributed by atoms with Crippen molar-refractivity contribution >= 4 is 11.8 Å². The molecule has 5 rings (SSSR count). The lowest BCUT2D eigenvalue weighted by molar-refractivity contribution is -0.133. The summed E-state index contributed by atoms with van der Waals surface area (Å²) >= 11 is 0. The fourth-order valence-electron chi connectivity index (χ4n) is 5.39. The van der Waals surface area contributed by atoms with Crippen molar-refractivity contribution in [2.45, 2.75) is 45.1 Å². The Morgan fingerprint density at radius 3 is 2.76 bits per heavy atom. The van der Waals surface area contributed by atoms with Gasteiger partial charge in [0.15, 0.2) is 5.82 Å². The lowest BCUT2D eigenvalue weighted by Crippen LogP contribution is -2.40. The first kappa shape index (κ1) is 21.4. The van der Waals surface area contributed by atoms with Crippen molar-refractivity contribution in [3.8, 4) is 11.3 Å². The predicted molar refractivity (Wildman–Crippen MR) is 120 cm³/mol. The van der Waals surface area contributed by atoms with Crippen molar-refractivity contribution in [2.75, 3.05) is 13.1 Å². The molecular weight excluding hydrogens is 420 g/mol. The number of benzene rings is 1. The highest BCUT2D eigenvalue weighted by Gasteiger charge is 2.58. The van der Waals surface area contributed by atoms with E-state index in [4.69, 9.17) is 4.52 Å². The number of aryl methyl sites for hydroxylation is 1. The second-order valence-electron chi connectivity index (χ2n) is 9.51. The van der Waals surface area contributed by atoms with Gasteiger partial charge in [0.1, 0.15) is 0 Å². The molecule has 33 heavy (non-hydrogen) atoms. The highest BCUT2D eigenvalue weighted by atomic mass is 16.5. The van der Waals surface area contributed by atoms with Gasteiger partial charge in [0, 0.05) is 30.6 Å². The van der Waals surface area contributed by atoms with Crippen LogP contribution in [0.4, 0.5) is 0 Å². The summed E-state index contributed by atoms with van der Waals surface area (Å²) in [7, 11) is 0. The molecule has 0 bridgehead atoms. The lowest BCUT2D eigenvalue weighted by Gasteiger charge is -2.26. The number of amides is 2. The van der Waals surface area contributed by atoms with Crippen LogP contribution in [0.3, 0.4) is 0 Å². The molecule has 1 unspecified atom stereocenters. The first-order valence-electron chi connectivity index (χ1n) is 11.4. The van der Waals surface area contributed by atoms with E-state index < -0.39 is 5.41 Å². The van der Waals surface area contributed by atoms with Crippen molar-refractivity contribution in [1.82, 2.24) is 30.6 Å². The predicted octanol–water partition coefficient (Wildman–Crippen LogP) is 2.71. The van der Waals surface area contributed by atoms with Crippen LogP contribution >= 0.6 is 0 Å². The van der Waals surface area contributed by atoms with Crippen molar-refractivity contribution < 1.29 is 14.1 Å². The average Bonchev–Trinajstić information content (AvgIpc) is 3.56. The van der Waals surface area contributed by atoms with E-state index in [9.17, 15) is 9.59 Å². The van der Waals surface area contributed by atoms with E-state index in [1.165, 1.54) is 0 Å². The molecule has 172 valence electrons. The van der Waals surface area contributed by atoms with Crippen LogP contribution in [0.5, 0.6) is 0 Å². The average molecular weight is 449 g/mol. The molecular formula is C24H28N6O3. The molecule has 0 spiro atoms. The molecule has 3 heterocycles. The minimum Gasteiger partial charge on any atom is -0.349 e. The van der Waals surface area contributed by atoms with Gasteiger partial charge in [-0.1, -0.05) is 49.3 Å². The molecule has 1 aliphatic carbocycles. The van der Waals surface area contributed by atoms with Gasteiger partial charge in [-0.2, -0.15) is 10.1 Å². The second kappa shape index (κ2) is 8.13. The molecule has 1 aromatic carbocycles. The summed E-state index contributed by atoms with van der Waals surface area (Å²) in [5.41, 5.74) is 1.67. The van der Waals surface area contributed by atoms with Crippen LogP contribution in [0, 0.1) is 18.8 Å². The lowest BCUT2D eigenvalue weighted by atomic mass is 9.80. The normalized spacial score (nSPS) is 24.3. The van der Waals surface area contributed by atoms with Crippen LogP contribution < -0.4 is 5.32 Å². The van der Waals surface area contributed by atoms with Crippen LogP contribution in [0.2, 0.25) is 0 Å². The van der Waals surface area contributed by atoms with Gasteiger partial charge in [0.2, 0.25) is 11.8 Å². The fraction of sp³-hybridized carbons (Fsp3) is 0.458. The number of likely N-dealkylation sites (tertiary alicyclic amines) is 1. The second-order valence-corrected chi connectivity index (χ2v) is 9.51. The third-order valence-corrected chi connectivity index (χ3v) is 6.92. The summed E-state index contributed by atoms with van der Waals surface area (Å²) in [6, 6.07) is 9.61. The fourth-order valence-corrected chi connectivity index (χ4v) is 5.39. The van der Waals surface area contributed by atoms with Gasteiger partial charge in [0.25, 0.3) is 5.91 Å². The number of fused-ring (bicyclic) bond motifs is 1. The Labute approximate surface area is 191 Å². The van der Waals surface area contributed by atoms with Gasteiger partial charge in [0.05, 0.1) is 22.9 Å². The summed E-state index contributed by atoms with van der Waals surface area (Å²) in [6.45, 7) is 6.79. The van der Waals surface area contributed by atoms with E-state index >= 15 is 0 Å². The zero-order valence-corrected chi connectivity index (χ0v) is 19.0. The Kier molecular flexibility index (Phi) is 5.26. The van der Waals surface area contributed by atoms with Crippen LogP contribution in [0.25, 0.3) is 11.3 Å². The van der Waals surface area contributed by atoms with Crippen molar-refractivity contribution in [1.29, 1.82) is 0 Å². The third-order valence-electron chi connectivity index (χ3n) is 6.92. The summed E-state index contributed by atoms with van der Waals surface area (Å²) in [4.78, 5) is 32.4. The topological polar surface area (TPSA) is 117 Å². The van der Waals surface area contributed by atoms with Gasteiger partial charge in [-0.15, -0.1) is 0 Å². The monoisotopic (exact) mass is 448 g/mol. The number of aromatic amines is 1. The van der Waals surface area contributed by atoms with Crippen LogP contribution in [0.1, 0.15) is 48.8 Å². The molecule has 2 aliphatic rings. The van der Waals surface area contributed by atoms with Crippen LogP contribution in [-0.4, -0.2) is 56.2 Å². The van der Waals surface area contributed by atoms with E-state index in [1.807, 2.05) is 49.1 Å². The maximum atomic E-state index is 13.2. The number of nitrogens with zero attached hydrogens (tertiary/aromatic N) is 4. The van der Waals surface area contributed by atoms with E-state index in [1.54, 1.807) is 13.1 Å². The zero-order valence-electron chi connectivity index (χ0n) is 19.0. The number of carbonyl (C=O) groups excluding carboxylic acids is 2. The molecule has 2 N–H and O–H groups in total. The number of nitrogens with one attached hydrogen (secondary N) is 2. The molecule has 1 saturated heterocycles. The van der Waals surface area contributed by atoms with Crippen molar-refractivity contribution in [3.05, 3.63) is 53.8 Å². The van der Waals surface area contributed by atoms with Crippen molar-refractivity contribution in [2.24, 2.45) is 11.8 Å². The van der Waals surface area contributed by atoms with Gasteiger partial charge in [-0.25, -0.2) is 0 Å². The van der Waals surface area contributed by atoms with E-state index in [0.29, 0.717) is 42.5 Å². The summed E-state index contributed by atoms with van der Waals surface area (Å²) in [5, 5.41) is 14.2. The summed E-state index contributed by atoms with van der Waals surface area (Å²) < 4.78 is 5.62. The van der Waals surface area contributed by atoms with E-state index in [-0.39, 0.29) is 29.7 Å². The summed E-state index contributed by atoms with van der Waals surface area (Å²) in [6.07, 6.45) is 2.95. The minimum absolute atomic E-state index is 0.0652. The molecule has 3 atom stereocenters. The molecule has 3 aromatic rings. The Hall–Kier alpha value is -3.49. The third kappa shape index (κ3) is 3.71. The van der Waals surface area contributed by atoms with Crippen molar-refractivity contribution in [3.63, 3.8) is 0 Å². The highest BCUT2D eigenvalue weighted by molar-refractivity contribution is 5.99. The minimum atomic E-state index is -0.442. The molecule has 0 radical (unpaired) electrons. The number of hydrogen-bond donors (Lipinski definition) is 2. The number of hydrogen-bond acceptors (Lipinski definition) is 6. The zero-order chi connectivity index (χ0) is 23.2. The molecule has 9 nitrogen and oxygen atoms in total. The van der Waals surface area contributed by atoms with E-state index in [0.717, 1.165) is 12.0 Å². The maximum Gasteiger partial charge on any atom is 0.255 e.